The van der Waals surface area contributed by atoms with Crippen molar-refractivity contribution in [2.75, 3.05) is 0 Å². The van der Waals surface area contributed by atoms with Crippen LogP contribution in [-0.4, -0.2) is 0 Å². The lowest BCUT2D eigenvalue weighted by molar-refractivity contribution is 0.660. The number of furan rings is 3. The van der Waals surface area contributed by atoms with Crippen molar-refractivity contribution in [2.24, 2.45) is 0 Å². The second-order valence-corrected chi connectivity index (χ2v) is 38.3. The van der Waals surface area contributed by atoms with Gasteiger partial charge in [-0.2, -0.15) is 0 Å². The summed E-state index contributed by atoms with van der Waals surface area (Å²) in [5, 5.41) is 24.4. The lowest BCUT2D eigenvalue weighted by Crippen LogP contribution is -2.14. The summed E-state index contributed by atoms with van der Waals surface area (Å²) in [7, 11) is 0. The Hall–Kier alpha value is -17.5. The Morgan fingerprint density at radius 1 is 0.158 bits per heavy atom. The molecule has 0 fully saturated rings. The normalized spacial score (nSPS) is 12.3. The van der Waals surface area contributed by atoms with Crippen molar-refractivity contribution >= 4 is 162 Å². The van der Waals surface area contributed by atoms with Crippen LogP contribution < -0.4 is 0 Å². The molecule has 28 aromatic rings. The highest BCUT2D eigenvalue weighted by atomic mass is 32.1. The van der Waals surface area contributed by atoms with Crippen molar-refractivity contribution in [1.82, 2.24) is 0 Å². The Bertz CT molecular complexity index is 9670. The summed E-state index contributed by atoms with van der Waals surface area (Å²) in [5.74, 6) is 0. The molecule has 0 atom stereocenters. The van der Waals surface area contributed by atoms with E-state index in [1.54, 1.807) is 0 Å². The van der Waals surface area contributed by atoms with Crippen molar-refractivity contribution in [2.45, 2.75) is 19.3 Å². The second-order valence-electron chi connectivity index (χ2n) is 37.2. The van der Waals surface area contributed by atoms with E-state index >= 15 is 0 Å². The van der Waals surface area contributed by atoms with Crippen molar-refractivity contribution in [3.63, 3.8) is 0 Å². The van der Waals surface area contributed by atoms with E-state index in [2.05, 4.69) is 499 Å². The van der Waals surface area contributed by atoms with Gasteiger partial charge in [-0.3, -0.25) is 0 Å². The minimum absolute atomic E-state index is 0.0762. The molecule has 0 radical (unpaired) electrons. The highest BCUT2D eigenvalue weighted by Gasteiger charge is 2.36. The van der Waals surface area contributed by atoms with E-state index in [1.807, 2.05) is 11.3 Å². The summed E-state index contributed by atoms with van der Waals surface area (Å²) in [6.07, 6.45) is 0. The molecule has 1 aliphatic rings. The molecule has 0 N–H and O–H groups in total. The van der Waals surface area contributed by atoms with Crippen molar-refractivity contribution in [1.29, 1.82) is 0 Å². The Balaban J connectivity index is 0.000000105. The van der Waals surface area contributed by atoms with Crippen LogP contribution in [0, 0.1) is 0 Å². The molecule has 24 aromatic carbocycles. The molecule has 0 saturated heterocycles. The smallest absolute Gasteiger partial charge is 0.143 e. The highest BCUT2D eigenvalue weighted by Crippen LogP contribution is 2.56. The first kappa shape index (κ1) is 81.1. The van der Waals surface area contributed by atoms with Gasteiger partial charge in [0.25, 0.3) is 0 Å². The van der Waals surface area contributed by atoms with E-state index in [-0.39, 0.29) is 5.41 Å². The van der Waals surface area contributed by atoms with Crippen LogP contribution >= 0.6 is 11.3 Å². The van der Waals surface area contributed by atoms with Gasteiger partial charge in [-0.1, -0.05) is 438 Å². The van der Waals surface area contributed by atoms with Gasteiger partial charge in [0.2, 0.25) is 0 Å². The third kappa shape index (κ3) is 13.2. The zero-order chi connectivity index (χ0) is 91.9. The van der Waals surface area contributed by atoms with Gasteiger partial charge >= 0.3 is 0 Å². The SMILES string of the molecule is CC1(C)c2ccccc2-c2ccc(-c3ccc(-c4c5ccccc5c(-c5ccccc5)c5ccccc45)c4c3oc3ccccc34)cc21.c1ccc(-c2c3ccccc3c(-c3ccc(-c4ccc5sc6ccccc6c5c4)c4oc5ccccc5c34)c3ccccc23)cc1.c1ccc(-c2ccc(-c3ccc(-c4c5ccccc5c(-c5ccccc5)c5ccccc45)c4c3oc3ccccc34)cc2)cc1. The van der Waals surface area contributed by atoms with Crippen LogP contribution in [0.1, 0.15) is 25.0 Å². The third-order valence-electron chi connectivity index (χ3n) is 29.3. The second kappa shape index (κ2) is 32.9. The largest absolute Gasteiger partial charge is 0.455 e. The van der Waals surface area contributed by atoms with Crippen LogP contribution in [0.2, 0.25) is 0 Å². The van der Waals surface area contributed by atoms with E-state index in [4.69, 9.17) is 13.3 Å². The topological polar surface area (TPSA) is 39.4 Å². The Labute approximate surface area is 807 Å². The molecule has 1 aliphatic carbocycles. The number of para-hydroxylation sites is 3. The van der Waals surface area contributed by atoms with Crippen LogP contribution in [0.3, 0.4) is 0 Å². The first-order valence-corrected chi connectivity index (χ1v) is 48.7. The minimum atomic E-state index is -0.0762. The average Bonchev–Trinajstić information content (AvgIpc) is 1.68. The van der Waals surface area contributed by atoms with E-state index in [1.165, 1.54) is 196 Å². The van der Waals surface area contributed by atoms with Gasteiger partial charge < -0.3 is 13.3 Å². The first-order chi connectivity index (χ1) is 68.8. The Kier molecular flexibility index (Phi) is 19.2. The van der Waals surface area contributed by atoms with Crippen LogP contribution in [0.25, 0.3) is 273 Å². The fourth-order valence-electron chi connectivity index (χ4n) is 23.0. The summed E-state index contributed by atoms with van der Waals surface area (Å²) in [6.45, 7) is 4.69. The van der Waals surface area contributed by atoms with Gasteiger partial charge in [0.05, 0.1) is 0 Å². The Morgan fingerprint density at radius 2 is 0.410 bits per heavy atom. The van der Waals surface area contributed by atoms with E-state index in [0.717, 1.165) is 88.1 Å². The molecule has 0 spiro atoms. The van der Waals surface area contributed by atoms with Crippen molar-refractivity contribution in [3.05, 3.63) is 496 Å². The predicted octanol–water partition coefficient (Wildman–Crippen LogP) is 39.0. The monoisotopic (exact) mass is 1790 g/mol. The summed E-state index contributed by atoms with van der Waals surface area (Å²) in [6, 6.07) is 175. The van der Waals surface area contributed by atoms with Gasteiger partial charge in [-0.05, 0) is 242 Å². The molecule has 4 heteroatoms. The molecule has 0 saturated carbocycles. The number of rotatable bonds is 10. The lowest BCUT2D eigenvalue weighted by Gasteiger charge is -2.22. The molecule has 139 heavy (non-hydrogen) atoms. The van der Waals surface area contributed by atoms with Crippen LogP contribution in [0.15, 0.2) is 499 Å². The van der Waals surface area contributed by atoms with Crippen molar-refractivity contribution < 1.29 is 13.3 Å². The van der Waals surface area contributed by atoms with Gasteiger partial charge in [-0.25, -0.2) is 0 Å². The van der Waals surface area contributed by atoms with E-state index < -0.39 is 0 Å². The molecule has 4 heterocycles. The van der Waals surface area contributed by atoms with Gasteiger partial charge in [0, 0.05) is 74.6 Å². The van der Waals surface area contributed by atoms with Crippen LogP contribution in [-0.2, 0) is 5.41 Å². The summed E-state index contributed by atoms with van der Waals surface area (Å²) < 4.78 is 23.0. The van der Waals surface area contributed by atoms with Crippen molar-refractivity contribution in [3.8, 4) is 122 Å². The predicted molar refractivity (Wildman–Crippen MR) is 591 cm³/mol. The quantitative estimate of drug-likeness (QED) is 0.128. The molecule has 29 rings (SSSR count). The molecule has 0 aliphatic heterocycles. The average molecular weight is 1790 g/mol. The molecular weight excluding hydrogens is 1700 g/mol. The van der Waals surface area contributed by atoms with Gasteiger partial charge in [0.1, 0.15) is 33.5 Å². The zero-order valence-corrected chi connectivity index (χ0v) is 77.1. The van der Waals surface area contributed by atoms with E-state index in [0.29, 0.717) is 0 Å². The molecule has 650 valence electrons. The minimum Gasteiger partial charge on any atom is -0.455 e. The number of thiophene rings is 1. The first-order valence-electron chi connectivity index (χ1n) is 47.9. The fraction of sp³-hybridized carbons (Fsp3) is 0.0222. The molecule has 0 unspecified atom stereocenters. The molecule has 0 amide bonds. The van der Waals surface area contributed by atoms with Crippen LogP contribution in [0.5, 0.6) is 0 Å². The molecule has 4 aromatic heterocycles. The number of hydrogen-bond donors (Lipinski definition) is 0. The number of benzene rings is 24. The maximum Gasteiger partial charge on any atom is 0.143 e. The highest BCUT2D eigenvalue weighted by molar-refractivity contribution is 7.25. The summed E-state index contributed by atoms with van der Waals surface area (Å²) in [4.78, 5) is 0. The fourth-order valence-corrected chi connectivity index (χ4v) is 24.1. The van der Waals surface area contributed by atoms with Gasteiger partial charge in [0.15, 0.2) is 0 Å². The number of hydrogen-bond acceptors (Lipinski definition) is 4. The summed E-state index contributed by atoms with van der Waals surface area (Å²) >= 11 is 1.85. The Morgan fingerprint density at radius 3 is 0.799 bits per heavy atom. The maximum absolute atomic E-state index is 6.85. The molecule has 3 nitrogen and oxygen atoms in total. The summed E-state index contributed by atoms with van der Waals surface area (Å²) in [5.41, 5.74) is 34.9. The molecular formula is C135H86O3S. The standard InChI is InChI=1S/C47H32O.C44H26OS.C44H28O/c1-47(2)40-22-12-10-16-32(40)33-25-24-30(28-41(33)47)31-26-27-39(45-38-21-11-13-23-42(38)48-46(31)45)44-36-19-8-6-17-34(36)43(29-14-4-3-5-15-29)35-18-7-9-20-37(35)44;1-2-12-27(13-3-1)41-31-15-4-6-17-33(31)42(34-18-7-5-16-32(34)41)36-24-23-29(44-43(36)35-19-8-10-20-38(35)45-44)28-22-25-40-37(26-28)30-14-9-11-21-39(30)46-40;1-3-13-29(14-4-1)30-23-25-31(26-24-30)33-27-28-39(43-38-21-11-12-22-40(38)45-44(33)43)42-36-19-9-7-17-34(36)41(32-15-5-2-6-16-32)35-18-8-10-20-37(35)42/h3-28H,1-2H3;1-26H;1-28H. The van der Waals surface area contributed by atoms with E-state index in [9.17, 15) is 0 Å². The third-order valence-corrected chi connectivity index (χ3v) is 30.4. The number of fused-ring (bicyclic) bond motifs is 21. The lowest BCUT2D eigenvalue weighted by atomic mass is 9.81. The zero-order valence-electron chi connectivity index (χ0n) is 76.3. The molecule has 0 bridgehead atoms. The van der Waals surface area contributed by atoms with Crippen LogP contribution in [0.4, 0.5) is 0 Å². The van der Waals surface area contributed by atoms with Gasteiger partial charge in [-0.15, -0.1) is 11.3 Å². The maximum atomic E-state index is 6.85.